The monoisotopic (exact) mass is 265 g/mol. The molecular weight excluding hydrogens is 234 g/mol. The quantitative estimate of drug-likeness (QED) is 0.821. The lowest BCUT2D eigenvalue weighted by Gasteiger charge is -2.34. The fourth-order valence-electron chi connectivity index (χ4n) is 4.56. The molecule has 2 unspecified atom stereocenters. The van der Waals surface area contributed by atoms with E-state index in [9.17, 15) is 0 Å². The molecule has 0 aromatic heterocycles. The molecule has 3 heteroatoms. The molecule has 19 heavy (non-hydrogen) atoms. The van der Waals surface area contributed by atoms with Crippen LogP contribution in [0.25, 0.3) is 0 Å². The topological polar surface area (TPSA) is 18.5 Å². The third-order valence-electron chi connectivity index (χ3n) is 5.49. The number of nitrogens with zero attached hydrogens (tertiary/aromatic N) is 2. The van der Waals surface area contributed by atoms with E-state index in [0.717, 1.165) is 6.04 Å². The van der Waals surface area contributed by atoms with Gasteiger partial charge in [0.15, 0.2) is 0 Å². The Kier molecular flexibility index (Phi) is 4.45. The van der Waals surface area contributed by atoms with Gasteiger partial charge in [-0.05, 0) is 64.7 Å². The number of rotatable bonds is 5. The third kappa shape index (κ3) is 3.14. The van der Waals surface area contributed by atoms with Crippen molar-refractivity contribution in [2.75, 3.05) is 39.3 Å². The summed E-state index contributed by atoms with van der Waals surface area (Å²) in [7, 11) is 0. The number of nitrogens with one attached hydrogen (secondary N) is 1. The van der Waals surface area contributed by atoms with Crippen molar-refractivity contribution in [3.05, 3.63) is 0 Å². The minimum absolute atomic E-state index is 0.453. The van der Waals surface area contributed by atoms with Crippen LogP contribution in [-0.4, -0.2) is 60.6 Å². The van der Waals surface area contributed by atoms with E-state index in [1.807, 2.05) is 0 Å². The molecular formula is C16H31N3. The van der Waals surface area contributed by atoms with Crippen molar-refractivity contribution < 1.29 is 0 Å². The molecule has 3 fully saturated rings. The second kappa shape index (κ2) is 6.11. The largest absolute Gasteiger partial charge is 0.310 e. The molecule has 3 rings (SSSR count). The van der Waals surface area contributed by atoms with Crippen LogP contribution in [0, 0.1) is 0 Å². The van der Waals surface area contributed by atoms with E-state index in [-0.39, 0.29) is 0 Å². The summed E-state index contributed by atoms with van der Waals surface area (Å²) in [6.07, 6.45) is 9.71. The van der Waals surface area contributed by atoms with Crippen molar-refractivity contribution in [3.8, 4) is 0 Å². The Bertz CT molecular complexity index is 280. The smallest absolute Gasteiger partial charge is 0.0309 e. The van der Waals surface area contributed by atoms with Crippen molar-refractivity contribution in [1.29, 1.82) is 0 Å². The van der Waals surface area contributed by atoms with Crippen molar-refractivity contribution in [2.45, 2.75) is 63.5 Å². The highest BCUT2D eigenvalue weighted by atomic mass is 15.3. The van der Waals surface area contributed by atoms with Gasteiger partial charge in [-0.3, -0.25) is 9.80 Å². The Morgan fingerprint density at radius 1 is 1.16 bits per heavy atom. The maximum absolute atomic E-state index is 3.83. The van der Waals surface area contributed by atoms with Crippen LogP contribution in [0.3, 0.4) is 0 Å². The minimum atomic E-state index is 0.453. The molecule has 0 saturated carbocycles. The van der Waals surface area contributed by atoms with Crippen molar-refractivity contribution >= 4 is 0 Å². The zero-order valence-electron chi connectivity index (χ0n) is 12.7. The average molecular weight is 265 g/mol. The van der Waals surface area contributed by atoms with Crippen molar-refractivity contribution in [2.24, 2.45) is 0 Å². The summed E-state index contributed by atoms with van der Waals surface area (Å²) in [5.41, 5.74) is 0.453. The van der Waals surface area contributed by atoms with E-state index < -0.39 is 0 Å². The van der Waals surface area contributed by atoms with Gasteiger partial charge in [0.2, 0.25) is 0 Å². The van der Waals surface area contributed by atoms with Crippen LogP contribution in [0.4, 0.5) is 0 Å². The van der Waals surface area contributed by atoms with Gasteiger partial charge >= 0.3 is 0 Å². The van der Waals surface area contributed by atoms with E-state index in [2.05, 4.69) is 22.0 Å². The summed E-state index contributed by atoms with van der Waals surface area (Å²) in [5.74, 6) is 0. The predicted octanol–water partition coefficient (Wildman–Crippen LogP) is 2.08. The standard InChI is InChI=1S/C16H31N3/c1-2-7-16(8-5-9-17-16)14-18-12-6-15(13-18)19-10-3-4-11-19/h15,17H,2-14H2,1H3. The number of likely N-dealkylation sites (tertiary alicyclic amines) is 2. The highest BCUT2D eigenvalue weighted by molar-refractivity contribution is 4.97. The molecule has 0 spiro atoms. The van der Waals surface area contributed by atoms with E-state index >= 15 is 0 Å². The SMILES string of the molecule is CCCC1(CN2CCC(N3CCCC3)C2)CCCN1. The first-order valence-corrected chi connectivity index (χ1v) is 8.53. The first-order chi connectivity index (χ1) is 9.31. The lowest BCUT2D eigenvalue weighted by atomic mass is 9.91. The number of hydrogen-bond donors (Lipinski definition) is 1. The first kappa shape index (κ1) is 13.8. The van der Waals surface area contributed by atoms with E-state index in [4.69, 9.17) is 0 Å². The summed E-state index contributed by atoms with van der Waals surface area (Å²) in [6.45, 7) is 10.2. The van der Waals surface area contributed by atoms with Gasteiger partial charge in [0.1, 0.15) is 0 Å². The molecule has 0 aromatic rings. The zero-order valence-corrected chi connectivity index (χ0v) is 12.7. The predicted molar refractivity (Wildman–Crippen MR) is 80.5 cm³/mol. The molecule has 1 N–H and O–H groups in total. The number of hydrogen-bond acceptors (Lipinski definition) is 3. The van der Waals surface area contributed by atoms with Crippen LogP contribution in [0.5, 0.6) is 0 Å². The molecule has 0 bridgehead atoms. The Hall–Kier alpha value is -0.120. The molecule has 0 amide bonds. The molecule has 3 saturated heterocycles. The van der Waals surface area contributed by atoms with Gasteiger partial charge in [-0.25, -0.2) is 0 Å². The van der Waals surface area contributed by atoms with Crippen LogP contribution >= 0.6 is 0 Å². The van der Waals surface area contributed by atoms with Gasteiger partial charge in [0.25, 0.3) is 0 Å². The van der Waals surface area contributed by atoms with Crippen LogP contribution in [0.2, 0.25) is 0 Å². The minimum Gasteiger partial charge on any atom is -0.310 e. The summed E-state index contributed by atoms with van der Waals surface area (Å²) in [6, 6.07) is 0.863. The lowest BCUT2D eigenvalue weighted by molar-refractivity contribution is 0.189. The van der Waals surface area contributed by atoms with Gasteiger partial charge in [-0.15, -0.1) is 0 Å². The van der Waals surface area contributed by atoms with Gasteiger partial charge in [-0.2, -0.15) is 0 Å². The molecule has 2 atom stereocenters. The van der Waals surface area contributed by atoms with Gasteiger partial charge in [0.05, 0.1) is 0 Å². The second-order valence-electron chi connectivity index (χ2n) is 6.98. The maximum Gasteiger partial charge on any atom is 0.0309 e. The maximum atomic E-state index is 3.83. The van der Waals surface area contributed by atoms with E-state index in [0.29, 0.717) is 5.54 Å². The first-order valence-electron chi connectivity index (χ1n) is 8.53. The Labute approximate surface area is 118 Å². The molecule has 0 aliphatic carbocycles. The molecule has 3 aliphatic heterocycles. The molecule has 3 nitrogen and oxygen atoms in total. The van der Waals surface area contributed by atoms with Gasteiger partial charge < -0.3 is 5.32 Å². The Balaban J connectivity index is 1.52. The fraction of sp³-hybridized carbons (Fsp3) is 1.00. The molecule has 3 aliphatic rings. The highest BCUT2D eigenvalue weighted by Crippen LogP contribution is 2.28. The van der Waals surface area contributed by atoms with Crippen LogP contribution in [0.15, 0.2) is 0 Å². The Morgan fingerprint density at radius 2 is 2.00 bits per heavy atom. The Morgan fingerprint density at radius 3 is 2.68 bits per heavy atom. The lowest BCUT2D eigenvalue weighted by Crippen LogP contribution is -2.49. The van der Waals surface area contributed by atoms with Gasteiger partial charge in [0, 0.05) is 24.7 Å². The molecule has 0 aromatic carbocycles. The average Bonchev–Trinajstić information content (AvgIpc) is 3.10. The highest BCUT2D eigenvalue weighted by Gasteiger charge is 2.37. The zero-order chi connectivity index (χ0) is 13.1. The molecule has 0 radical (unpaired) electrons. The second-order valence-corrected chi connectivity index (χ2v) is 6.98. The van der Waals surface area contributed by atoms with E-state index in [1.54, 1.807) is 0 Å². The van der Waals surface area contributed by atoms with Gasteiger partial charge in [-0.1, -0.05) is 13.3 Å². The van der Waals surface area contributed by atoms with Crippen molar-refractivity contribution in [1.82, 2.24) is 15.1 Å². The summed E-state index contributed by atoms with van der Waals surface area (Å²) < 4.78 is 0. The van der Waals surface area contributed by atoms with E-state index in [1.165, 1.54) is 84.2 Å². The van der Waals surface area contributed by atoms with Crippen LogP contribution in [0.1, 0.15) is 51.9 Å². The summed E-state index contributed by atoms with van der Waals surface area (Å²) >= 11 is 0. The fourth-order valence-corrected chi connectivity index (χ4v) is 4.56. The normalized spacial score (nSPS) is 37.4. The molecule has 3 heterocycles. The van der Waals surface area contributed by atoms with Crippen LogP contribution < -0.4 is 5.32 Å². The van der Waals surface area contributed by atoms with Crippen molar-refractivity contribution in [3.63, 3.8) is 0 Å². The summed E-state index contributed by atoms with van der Waals surface area (Å²) in [5, 5.41) is 3.83. The summed E-state index contributed by atoms with van der Waals surface area (Å²) in [4.78, 5) is 5.49. The molecule has 110 valence electrons. The van der Waals surface area contributed by atoms with Crippen LogP contribution in [-0.2, 0) is 0 Å². The third-order valence-corrected chi connectivity index (χ3v) is 5.49.